The first-order chi connectivity index (χ1) is 8.85. The lowest BCUT2D eigenvalue weighted by Crippen LogP contribution is -2.10. The first kappa shape index (κ1) is 12.4. The fourth-order valence-corrected chi connectivity index (χ4v) is 1.73. The standard InChI is InChI=1S/C13H18N4O/c1-3-14-13-16-15-12(17(13)4-2)10-18-11-8-6-5-7-9-11/h5-9H,3-4,10H2,1-2H3,(H,14,16). The molecular weight excluding hydrogens is 228 g/mol. The van der Waals surface area contributed by atoms with Crippen molar-refractivity contribution >= 4 is 5.95 Å². The molecule has 0 spiro atoms. The lowest BCUT2D eigenvalue weighted by molar-refractivity contribution is 0.289. The number of rotatable bonds is 6. The second kappa shape index (κ2) is 6.05. The minimum absolute atomic E-state index is 0.427. The summed E-state index contributed by atoms with van der Waals surface area (Å²) >= 11 is 0. The third-order valence-electron chi connectivity index (χ3n) is 2.59. The van der Waals surface area contributed by atoms with Gasteiger partial charge in [-0.2, -0.15) is 0 Å². The van der Waals surface area contributed by atoms with E-state index in [4.69, 9.17) is 4.74 Å². The van der Waals surface area contributed by atoms with E-state index >= 15 is 0 Å². The van der Waals surface area contributed by atoms with Gasteiger partial charge < -0.3 is 10.1 Å². The fraction of sp³-hybridized carbons (Fsp3) is 0.385. The van der Waals surface area contributed by atoms with Crippen LogP contribution in [0, 0.1) is 0 Å². The van der Waals surface area contributed by atoms with Crippen LogP contribution in [0.15, 0.2) is 30.3 Å². The van der Waals surface area contributed by atoms with Gasteiger partial charge in [0.2, 0.25) is 5.95 Å². The Morgan fingerprint density at radius 3 is 2.61 bits per heavy atom. The molecule has 1 N–H and O–H groups in total. The molecule has 1 heterocycles. The molecule has 18 heavy (non-hydrogen) atoms. The number of anilines is 1. The maximum absolute atomic E-state index is 5.67. The monoisotopic (exact) mass is 246 g/mol. The van der Waals surface area contributed by atoms with E-state index in [1.54, 1.807) is 0 Å². The molecule has 0 aliphatic carbocycles. The van der Waals surface area contributed by atoms with Crippen molar-refractivity contribution in [1.29, 1.82) is 0 Å². The minimum Gasteiger partial charge on any atom is -0.486 e. The van der Waals surface area contributed by atoms with Gasteiger partial charge in [0.05, 0.1) is 0 Å². The van der Waals surface area contributed by atoms with Gasteiger partial charge in [-0.25, -0.2) is 0 Å². The van der Waals surface area contributed by atoms with Crippen LogP contribution in [0.2, 0.25) is 0 Å². The highest BCUT2D eigenvalue weighted by Gasteiger charge is 2.10. The summed E-state index contributed by atoms with van der Waals surface area (Å²) in [6, 6.07) is 9.72. The van der Waals surface area contributed by atoms with Crippen molar-refractivity contribution in [2.75, 3.05) is 11.9 Å². The Kier molecular flexibility index (Phi) is 4.17. The zero-order valence-corrected chi connectivity index (χ0v) is 10.8. The van der Waals surface area contributed by atoms with Crippen LogP contribution in [0.25, 0.3) is 0 Å². The topological polar surface area (TPSA) is 52.0 Å². The average Bonchev–Trinajstić information content (AvgIpc) is 2.80. The highest BCUT2D eigenvalue weighted by atomic mass is 16.5. The van der Waals surface area contributed by atoms with Crippen molar-refractivity contribution in [2.45, 2.75) is 27.0 Å². The van der Waals surface area contributed by atoms with Crippen LogP contribution in [0.3, 0.4) is 0 Å². The van der Waals surface area contributed by atoms with Gasteiger partial charge in [-0.05, 0) is 26.0 Å². The highest BCUT2D eigenvalue weighted by Crippen LogP contribution is 2.13. The molecule has 0 atom stereocenters. The number of para-hydroxylation sites is 1. The van der Waals surface area contributed by atoms with E-state index in [2.05, 4.69) is 22.4 Å². The molecule has 0 saturated carbocycles. The molecule has 2 aromatic rings. The van der Waals surface area contributed by atoms with Crippen LogP contribution in [-0.4, -0.2) is 21.3 Å². The Morgan fingerprint density at radius 1 is 1.17 bits per heavy atom. The van der Waals surface area contributed by atoms with Crippen LogP contribution in [-0.2, 0) is 13.2 Å². The van der Waals surface area contributed by atoms with Gasteiger partial charge >= 0.3 is 0 Å². The maximum Gasteiger partial charge on any atom is 0.224 e. The Bertz CT molecular complexity index is 481. The van der Waals surface area contributed by atoms with Crippen LogP contribution in [0.5, 0.6) is 5.75 Å². The highest BCUT2D eigenvalue weighted by molar-refractivity contribution is 5.26. The molecule has 1 aromatic carbocycles. The van der Waals surface area contributed by atoms with Gasteiger partial charge in [0.1, 0.15) is 12.4 Å². The van der Waals surface area contributed by atoms with E-state index in [1.807, 2.05) is 41.8 Å². The van der Waals surface area contributed by atoms with E-state index < -0.39 is 0 Å². The van der Waals surface area contributed by atoms with Gasteiger partial charge in [0, 0.05) is 13.1 Å². The zero-order valence-electron chi connectivity index (χ0n) is 10.8. The lowest BCUT2D eigenvalue weighted by atomic mass is 10.3. The predicted molar refractivity (Wildman–Crippen MR) is 70.6 cm³/mol. The third kappa shape index (κ3) is 2.80. The number of hydrogen-bond acceptors (Lipinski definition) is 4. The van der Waals surface area contributed by atoms with E-state index in [0.717, 1.165) is 30.6 Å². The Hall–Kier alpha value is -2.04. The summed E-state index contributed by atoms with van der Waals surface area (Å²) in [6.07, 6.45) is 0. The average molecular weight is 246 g/mol. The summed E-state index contributed by atoms with van der Waals surface area (Å²) in [4.78, 5) is 0. The molecule has 0 aliphatic heterocycles. The first-order valence-corrected chi connectivity index (χ1v) is 6.19. The van der Waals surface area contributed by atoms with Crippen molar-refractivity contribution < 1.29 is 4.74 Å². The Labute approximate surface area is 107 Å². The van der Waals surface area contributed by atoms with E-state index in [-0.39, 0.29) is 0 Å². The van der Waals surface area contributed by atoms with E-state index in [0.29, 0.717) is 6.61 Å². The molecule has 96 valence electrons. The number of hydrogen-bond donors (Lipinski definition) is 1. The predicted octanol–water partition coefficient (Wildman–Crippen LogP) is 2.31. The zero-order chi connectivity index (χ0) is 12.8. The molecule has 0 fully saturated rings. The molecule has 0 aliphatic rings. The second-order valence-electron chi connectivity index (χ2n) is 3.82. The second-order valence-corrected chi connectivity index (χ2v) is 3.82. The van der Waals surface area contributed by atoms with Crippen LogP contribution < -0.4 is 10.1 Å². The summed E-state index contributed by atoms with van der Waals surface area (Å²) in [5.74, 6) is 2.47. The fourth-order valence-electron chi connectivity index (χ4n) is 1.73. The summed E-state index contributed by atoms with van der Waals surface area (Å²) in [5.41, 5.74) is 0. The quantitative estimate of drug-likeness (QED) is 0.849. The van der Waals surface area contributed by atoms with Gasteiger partial charge in [0.25, 0.3) is 0 Å². The number of benzene rings is 1. The normalized spacial score (nSPS) is 10.3. The molecule has 2 rings (SSSR count). The van der Waals surface area contributed by atoms with Crippen molar-refractivity contribution in [3.8, 4) is 5.75 Å². The van der Waals surface area contributed by atoms with Crippen LogP contribution in [0.1, 0.15) is 19.7 Å². The molecule has 5 nitrogen and oxygen atoms in total. The van der Waals surface area contributed by atoms with Crippen molar-refractivity contribution in [1.82, 2.24) is 14.8 Å². The number of ether oxygens (including phenoxy) is 1. The van der Waals surface area contributed by atoms with Gasteiger partial charge in [0.15, 0.2) is 5.82 Å². The SMILES string of the molecule is CCNc1nnc(COc2ccccc2)n1CC. The Balaban J connectivity index is 2.05. The Morgan fingerprint density at radius 2 is 1.94 bits per heavy atom. The first-order valence-electron chi connectivity index (χ1n) is 6.19. The molecule has 0 bridgehead atoms. The molecule has 5 heteroatoms. The molecule has 0 amide bonds. The largest absolute Gasteiger partial charge is 0.486 e. The minimum atomic E-state index is 0.427. The molecule has 0 radical (unpaired) electrons. The number of aromatic nitrogens is 3. The molecular formula is C13H18N4O. The number of nitrogens with zero attached hydrogens (tertiary/aromatic N) is 3. The van der Waals surface area contributed by atoms with Crippen molar-refractivity contribution in [3.05, 3.63) is 36.2 Å². The third-order valence-corrected chi connectivity index (χ3v) is 2.59. The van der Waals surface area contributed by atoms with Crippen LogP contribution in [0.4, 0.5) is 5.95 Å². The smallest absolute Gasteiger partial charge is 0.224 e. The summed E-state index contributed by atoms with van der Waals surface area (Å²) in [5, 5.41) is 11.4. The lowest BCUT2D eigenvalue weighted by Gasteiger charge is -2.09. The van der Waals surface area contributed by atoms with Gasteiger partial charge in [-0.3, -0.25) is 4.57 Å². The van der Waals surface area contributed by atoms with Crippen LogP contribution >= 0.6 is 0 Å². The van der Waals surface area contributed by atoms with Gasteiger partial charge in [-0.1, -0.05) is 18.2 Å². The van der Waals surface area contributed by atoms with E-state index in [1.165, 1.54) is 0 Å². The summed E-state index contributed by atoms with van der Waals surface area (Å²) < 4.78 is 7.70. The van der Waals surface area contributed by atoms with E-state index in [9.17, 15) is 0 Å². The molecule has 0 saturated heterocycles. The number of nitrogens with one attached hydrogen (secondary N) is 1. The summed E-state index contributed by atoms with van der Waals surface area (Å²) in [7, 11) is 0. The maximum atomic E-state index is 5.67. The molecule has 0 unspecified atom stereocenters. The van der Waals surface area contributed by atoms with Gasteiger partial charge in [-0.15, -0.1) is 10.2 Å². The van der Waals surface area contributed by atoms with Crippen molar-refractivity contribution in [2.24, 2.45) is 0 Å². The molecule has 1 aromatic heterocycles. The summed E-state index contributed by atoms with van der Waals surface area (Å²) in [6.45, 7) is 6.18. The van der Waals surface area contributed by atoms with Crippen molar-refractivity contribution in [3.63, 3.8) is 0 Å².